The maximum Gasteiger partial charge on any atom is 0.303 e. The van der Waals surface area contributed by atoms with Crippen molar-refractivity contribution >= 4 is 16.7 Å². The Morgan fingerprint density at radius 2 is 1.71 bits per heavy atom. The van der Waals surface area contributed by atoms with Crippen LogP contribution in [0.4, 0.5) is 4.39 Å². The molecule has 0 aliphatic heterocycles. The number of carboxylic acids is 1. The fraction of sp³-hybridized carbons (Fsp3) is 0.233. The van der Waals surface area contributed by atoms with Gasteiger partial charge in [0, 0.05) is 18.5 Å². The van der Waals surface area contributed by atoms with Gasteiger partial charge in [-0.1, -0.05) is 48.5 Å². The van der Waals surface area contributed by atoms with E-state index in [-0.39, 0.29) is 30.7 Å². The number of carboxylic acid groups (broad SMARTS) is 1. The summed E-state index contributed by atoms with van der Waals surface area (Å²) in [4.78, 5) is 10.9. The van der Waals surface area contributed by atoms with E-state index in [9.17, 15) is 9.18 Å². The number of hydrogen-bond donors (Lipinski definition) is 2. The van der Waals surface area contributed by atoms with E-state index in [1.807, 2.05) is 42.5 Å². The number of aryl methyl sites for hydroxylation is 1. The second-order valence-electron chi connectivity index (χ2n) is 8.88. The molecule has 0 fully saturated rings. The summed E-state index contributed by atoms with van der Waals surface area (Å²) in [6.45, 7) is 4.25. The third kappa shape index (κ3) is 5.69. The molecule has 4 rings (SSSR count). The van der Waals surface area contributed by atoms with Crippen LogP contribution in [0.2, 0.25) is 0 Å². The topological polar surface area (TPSA) is 58.6 Å². The van der Waals surface area contributed by atoms with E-state index in [0.29, 0.717) is 5.56 Å². The van der Waals surface area contributed by atoms with Crippen LogP contribution in [0.3, 0.4) is 0 Å². The van der Waals surface area contributed by atoms with E-state index < -0.39 is 5.97 Å². The van der Waals surface area contributed by atoms with Gasteiger partial charge in [0.2, 0.25) is 0 Å². The van der Waals surface area contributed by atoms with Crippen LogP contribution in [0.5, 0.6) is 5.75 Å². The van der Waals surface area contributed by atoms with Gasteiger partial charge in [-0.2, -0.15) is 0 Å². The summed E-state index contributed by atoms with van der Waals surface area (Å²) in [6, 6.07) is 25.6. The van der Waals surface area contributed by atoms with Crippen molar-refractivity contribution in [3.63, 3.8) is 0 Å². The SMILES string of the molecule is COc1cccc(C(C)NC(C)c2cc(-c3ccc(CCC(=O)O)c(F)c3)c3ccccc3c2)c1. The van der Waals surface area contributed by atoms with E-state index >= 15 is 0 Å². The van der Waals surface area contributed by atoms with E-state index in [1.165, 1.54) is 6.07 Å². The van der Waals surface area contributed by atoms with Gasteiger partial charge in [0.05, 0.1) is 7.11 Å². The molecule has 2 N–H and O–H groups in total. The Morgan fingerprint density at radius 3 is 2.46 bits per heavy atom. The average Bonchev–Trinajstić information content (AvgIpc) is 2.87. The lowest BCUT2D eigenvalue weighted by Gasteiger charge is -2.22. The van der Waals surface area contributed by atoms with Crippen LogP contribution in [0.1, 0.15) is 49.0 Å². The number of fused-ring (bicyclic) bond motifs is 1. The number of methoxy groups -OCH3 is 1. The van der Waals surface area contributed by atoms with Crippen LogP contribution >= 0.6 is 0 Å². The van der Waals surface area contributed by atoms with E-state index in [1.54, 1.807) is 13.2 Å². The zero-order valence-electron chi connectivity index (χ0n) is 20.2. The summed E-state index contributed by atoms with van der Waals surface area (Å²) in [5.74, 6) is -0.487. The highest BCUT2D eigenvalue weighted by Crippen LogP contribution is 2.34. The van der Waals surface area contributed by atoms with Gasteiger partial charge < -0.3 is 15.2 Å². The zero-order chi connectivity index (χ0) is 24.9. The van der Waals surface area contributed by atoms with Gasteiger partial charge in [-0.25, -0.2) is 4.39 Å². The molecule has 0 aromatic heterocycles. The molecule has 0 saturated heterocycles. The van der Waals surface area contributed by atoms with Gasteiger partial charge in [-0.3, -0.25) is 4.79 Å². The Bertz CT molecular complexity index is 1350. The Hall–Kier alpha value is -3.70. The summed E-state index contributed by atoms with van der Waals surface area (Å²) < 4.78 is 20.2. The van der Waals surface area contributed by atoms with Crippen LogP contribution in [-0.2, 0) is 11.2 Å². The fourth-order valence-corrected chi connectivity index (χ4v) is 4.46. The summed E-state index contributed by atoms with van der Waals surface area (Å²) in [5.41, 5.74) is 4.37. The number of benzene rings is 4. The van der Waals surface area contributed by atoms with Gasteiger partial charge in [0.25, 0.3) is 0 Å². The van der Waals surface area contributed by atoms with Crippen LogP contribution < -0.4 is 10.1 Å². The fourth-order valence-electron chi connectivity index (χ4n) is 4.46. The second kappa shape index (κ2) is 10.7. The molecule has 0 spiro atoms. The van der Waals surface area contributed by atoms with Crippen molar-refractivity contribution in [1.82, 2.24) is 5.32 Å². The molecule has 35 heavy (non-hydrogen) atoms. The van der Waals surface area contributed by atoms with Gasteiger partial charge in [-0.05, 0) is 89.2 Å². The number of hydrogen-bond acceptors (Lipinski definition) is 3. The molecule has 2 atom stereocenters. The van der Waals surface area contributed by atoms with Crippen molar-refractivity contribution in [3.8, 4) is 16.9 Å². The lowest BCUT2D eigenvalue weighted by Crippen LogP contribution is -2.22. The quantitative estimate of drug-likeness (QED) is 0.274. The second-order valence-corrected chi connectivity index (χ2v) is 8.88. The van der Waals surface area contributed by atoms with Gasteiger partial charge in [-0.15, -0.1) is 0 Å². The first-order chi connectivity index (χ1) is 16.9. The van der Waals surface area contributed by atoms with Gasteiger partial charge in [0.15, 0.2) is 0 Å². The number of rotatable bonds is 9. The van der Waals surface area contributed by atoms with Crippen molar-refractivity contribution in [2.45, 2.75) is 38.8 Å². The first-order valence-electron chi connectivity index (χ1n) is 11.8. The van der Waals surface area contributed by atoms with Crippen molar-refractivity contribution in [2.24, 2.45) is 0 Å². The molecule has 0 saturated carbocycles. The molecular formula is C30H30FNO3. The molecule has 180 valence electrons. The Labute approximate surface area is 205 Å². The summed E-state index contributed by atoms with van der Waals surface area (Å²) in [5, 5.41) is 14.7. The monoisotopic (exact) mass is 471 g/mol. The molecule has 5 heteroatoms. The van der Waals surface area contributed by atoms with Crippen LogP contribution in [0.15, 0.2) is 78.9 Å². The normalized spacial score (nSPS) is 12.9. The summed E-state index contributed by atoms with van der Waals surface area (Å²) in [7, 11) is 1.66. The van der Waals surface area contributed by atoms with Crippen LogP contribution in [0, 0.1) is 5.82 Å². The van der Waals surface area contributed by atoms with E-state index in [4.69, 9.17) is 9.84 Å². The molecular weight excluding hydrogens is 441 g/mol. The molecule has 0 amide bonds. The van der Waals surface area contributed by atoms with Crippen LogP contribution in [0.25, 0.3) is 21.9 Å². The number of halogens is 1. The third-order valence-corrected chi connectivity index (χ3v) is 6.45. The molecule has 0 heterocycles. The highest BCUT2D eigenvalue weighted by atomic mass is 19.1. The van der Waals surface area contributed by atoms with Crippen molar-refractivity contribution < 1.29 is 19.0 Å². The molecule has 4 aromatic carbocycles. The minimum Gasteiger partial charge on any atom is -0.497 e. The molecule has 0 bridgehead atoms. The maximum absolute atomic E-state index is 14.9. The van der Waals surface area contributed by atoms with Crippen molar-refractivity contribution in [3.05, 3.63) is 101 Å². The lowest BCUT2D eigenvalue weighted by atomic mass is 9.92. The largest absolute Gasteiger partial charge is 0.497 e. The Balaban J connectivity index is 1.67. The summed E-state index contributed by atoms with van der Waals surface area (Å²) in [6.07, 6.45) is 0.0781. The highest BCUT2D eigenvalue weighted by molar-refractivity contribution is 5.97. The average molecular weight is 472 g/mol. The standard InChI is InChI=1S/C30H30FNO3/c1-19(22-8-6-9-26(16-22)35-3)32-20(2)25-15-23-7-4-5-10-27(23)28(17-25)24-12-11-21(29(31)18-24)13-14-30(33)34/h4-12,15-20,32H,13-14H2,1-3H3,(H,33,34). The minimum atomic E-state index is -0.933. The number of nitrogens with one attached hydrogen (secondary N) is 1. The smallest absolute Gasteiger partial charge is 0.303 e. The van der Waals surface area contributed by atoms with Crippen LogP contribution in [-0.4, -0.2) is 18.2 Å². The molecule has 4 nitrogen and oxygen atoms in total. The number of aliphatic carboxylic acids is 1. The number of carbonyl (C=O) groups is 1. The molecule has 4 aromatic rings. The Kier molecular flexibility index (Phi) is 7.47. The zero-order valence-corrected chi connectivity index (χ0v) is 20.2. The number of ether oxygens (including phenoxy) is 1. The van der Waals surface area contributed by atoms with Gasteiger partial charge >= 0.3 is 5.97 Å². The lowest BCUT2D eigenvalue weighted by molar-refractivity contribution is -0.136. The first kappa shape index (κ1) is 24.4. The molecule has 0 radical (unpaired) electrons. The van der Waals surface area contributed by atoms with Gasteiger partial charge in [0.1, 0.15) is 11.6 Å². The summed E-state index contributed by atoms with van der Waals surface area (Å²) >= 11 is 0. The first-order valence-corrected chi connectivity index (χ1v) is 11.8. The predicted octanol–water partition coefficient (Wildman–Crippen LogP) is 7.08. The molecule has 2 unspecified atom stereocenters. The van der Waals surface area contributed by atoms with E-state index in [2.05, 4.69) is 43.4 Å². The molecule has 0 aliphatic carbocycles. The Morgan fingerprint density at radius 1 is 0.943 bits per heavy atom. The minimum absolute atomic E-state index is 0.0410. The van der Waals surface area contributed by atoms with E-state index in [0.717, 1.165) is 38.8 Å². The van der Waals surface area contributed by atoms with Crippen molar-refractivity contribution in [1.29, 1.82) is 0 Å². The molecule has 0 aliphatic rings. The predicted molar refractivity (Wildman–Crippen MR) is 138 cm³/mol. The third-order valence-electron chi connectivity index (χ3n) is 6.45. The highest BCUT2D eigenvalue weighted by Gasteiger charge is 2.16. The maximum atomic E-state index is 14.9. The van der Waals surface area contributed by atoms with Crippen molar-refractivity contribution in [2.75, 3.05) is 7.11 Å².